The molecular formula is C10H12ClNO2S. The Kier molecular flexibility index (Phi) is 3.00. The van der Waals surface area contributed by atoms with E-state index >= 15 is 0 Å². The molecule has 0 heterocycles. The van der Waals surface area contributed by atoms with Gasteiger partial charge in [-0.25, -0.2) is 13.1 Å². The van der Waals surface area contributed by atoms with Crippen molar-refractivity contribution in [3.05, 3.63) is 29.3 Å². The molecule has 0 bridgehead atoms. The van der Waals surface area contributed by atoms with Gasteiger partial charge in [-0.3, -0.25) is 0 Å². The summed E-state index contributed by atoms with van der Waals surface area (Å²) < 4.78 is 26.1. The smallest absolute Gasteiger partial charge is 0.211 e. The minimum Gasteiger partial charge on any atom is -0.211 e. The minimum atomic E-state index is -3.37. The third-order valence-electron chi connectivity index (χ3n) is 2.37. The summed E-state index contributed by atoms with van der Waals surface area (Å²) in [4.78, 5) is 0.232. The number of halogens is 1. The molecule has 15 heavy (non-hydrogen) atoms. The highest BCUT2D eigenvalue weighted by Crippen LogP contribution is 2.28. The van der Waals surface area contributed by atoms with Crippen LogP contribution < -0.4 is 4.72 Å². The van der Waals surface area contributed by atoms with Gasteiger partial charge in [0.25, 0.3) is 0 Å². The lowest BCUT2D eigenvalue weighted by atomic mass is 10.4. The van der Waals surface area contributed by atoms with Gasteiger partial charge >= 0.3 is 0 Å². The fourth-order valence-electron chi connectivity index (χ4n) is 1.27. The highest BCUT2D eigenvalue weighted by Gasteiger charge is 2.24. The van der Waals surface area contributed by atoms with Crippen LogP contribution in [0.3, 0.4) is 0 Å². The van der Waals surface area contributed by atoms with E-state index in [1.807, 2.05) is 0 Å². The van der Waals surface area contributed by atoms with Crippen molar-refractivity contribution < 1.29 is 8.42 Å². The van der Waals surface area contributed by atoms with Gasteiger partial charge in [0.05, 0.1) is 4.90 Å². The zero-order chi connectivity index (χ0) is 10.9. The largest absolute Gasteiger partial charge is 0.240 e. The predicted octanol–water partition coefficient (Wildman–Crippen LogP) is 2.03. The van der Waals surface area contributed by atoms with Crippen LogP contribution in [-0.2, 0) is 10.0 Å². The normalized spacial score (nSPS) is 16.6. The molecule has 0 aromatic heterocycles. The Balaban J connectivity index is 2.12. The molecule has 0 aliphatic heterocycles. The van der Waals surface area contributed by atoms with Crippen molar-refractivity contribution in [3.63, 3.8) is 0 Å². The third-order valence-corrected chi connectivity index (χ3v) is 4.02. The lowest BCUT2D eigenvalue weighted by molar-refractivity contribution is 0.577. The van der Waals surface area contributed by atoms with E-state index in [1.165, 1.54) is 6.07 Å². The fourth-order valence-corrected chi connectivity index (χ4v) is 2.68. The van der Waals surface area contributed by atoms with Crippen molar-refractivity contribution in [2.75, 3.05) is 6.54 Å². The van der Waals surface area contributed by atoms with Gasteiger partial charge in [0.15, 0.2) is 0 Å². The molecule has 0 radical (unpaired) electrons. The average molecular weight is 246 g/mol. The quantitative estimate of drug-likeness (QED) is 0.882. The monoisotopic (exact) mass is 245 g/mol. The van der Waals surface area contributed by atoms with Gasteiger partial charge in [0.1, 0.15) is 0 Å². The Bertz CT molecular complexity index is 454. The van der Waals surface area contributed by atoms with E-state index < -0.39 is 10.0 Å². The summed E-state index contributed by atoms with van der Waals surface area (Å²) >= 11 is 5.73. The Labute approximate surface area is 94.5 Å². The number of sulfonamides is 1. The van der Waals surface area contributed by atoms with Gasteiger partial charge in [0, 0.05) is 11.6 Å². The SMILES string of the molecule is O=S(=O)(NCC1CC1)c1cccc(Cl)c1. The second-order valence-corrected chi connectivity index (χ2v) is 5.96. The van der Waals surface area contributed by atoms with Crippen LogP contribution in [-0.4, -0.2) is 15.0 Å². The fraction of sp³-hybridized carbons (Fsp3) is 0.400. The van der Waals surface area contributed by atoms with E-state index in [0.29, 0.717) is 17.5 Å². The van der Waals surface area contributed by atoms with Crippen molar-refractivity contribution in [2.45, 2.75) is 17.7 Å². The first-order valence-electron chi connectivity index (χ1n) is 4.83. The molecule has 0 amide bonds. The molecule has 1 aliphatic carbocycles. The van der Waals surface area contributed by atoms with Gasteiger partial charge < -0.3 is 0 Å². The van der Waals surface area contributed by atoms with E-state index in [9.17, 15) is 8.42 Å². The molecule has 0 saturated heterocycles. The van der Waals surface area contributed by atoms with Crippen LogP contribution >= 0.6 is 11.6 Å². The van der Waals surface area contributed by atoms with E-state index in [1.54, 1.807) is 18.2 Å². The molecule has 1 fully saturated rings. The van der Waals surface area contributed by atoms with Gasteiger partial charge in [-0.15, -0.1) is 0 Å². The van der Waals surface area contributed by atoms with Gasteiger partial charge in [0.2, 0.25) is 10.0 Å². The molecule has 1 aromatic rings. The lowest BCUT2D eigenvalue weighted by Crippen LogP contribution is -2.25. The summed E-state index contributed by atoms with van der Waals surface area (Å²) in [5.41, 5.74) is 0. The van der Waals surface area contributed by atoms with Crippen LogP contribution in [0.2, 0.25) is 5.02 Å². The molecular weight excluding hydrogens is 234 g/mol. The third kappa shape index (κ3) is 2.93. The second-order valence-electron chi connectivity index (χ2n) is 3.75. The highest BCUT2D eigenvalue weighted by molar-refractivity contribution is 7.89. The molecule has 2 rings (SSSR count). The Morgan fingerprint density at radius 1 is 1.40 bits per heavy atom. The van der Waals surface area contributed by atoms with Crippen molar-refractivity contribution >= 4 is 21.6 Å². The molecule has 1 N–H and O–H groups in total. The molecule has 82 valence electrons. The molecule has 0 atom stereocenters. The number of hydrogen-bond donors (Lipinski definition) is 1. The number of hydrogen-bond acceptors (Lipinski definition) is 2. The topological polar surface area (TPSA) is 46.2 Å². The van der Waals surface area contributed by atoms with Crippen LogP contribution in [0.4, 0.5) is 0 Å². The average Bonchev–Trinajstić information content (AvgIpc) is 2.98. The molecule has 0 spiro atoms. The van der Waals surface area contributed by atoms with E-state index in [2.05, 4.69) is 4.72 Å². The van der Waals surface area contributed by atoms with Crippen LogP contribution in [0.5, 0.6) is 0 Å². The summed E-state index contributed by atoms with van der Waals surface area (Å²) in [7, 11) is -3.37. The van der Waals surface area contributed by atoms with Crippen molar-refractivity contribution in [1.29, 1.82) is 0 Å². The number of rotatable bonds is 4. The van der Waals surface area contributed by atoms with Gasteiger partial charge in [-0.1, -0.05) is 17.7 Å². The Morgan fingerprint density at radius 2 is 2.13 bits per heavy atom. The summed E-state index contributed by atoms with van der Waals surface area (Å²) in [6.45, 7) is 0.537. The molecule has 0 unspecified atom stereocenters. The zero-order valence-electron chi connectivity index (χ0n) is 8.11. The molecule has 5 heteroatoms. The van der Waals surface area contributed by atoms with Crippen LogP contribution in [0.15, 0.2) is 29.2 Å². The van der Waals surface area contributed by atoms with Gasteiger partial charge in [-0.05, 0) is 37.0 Å². The zero-order valence-corrected chi connectivity index (χ0v) is 9.68. The van der Waals surface area contributed by atoms with Crippen molar-refractivity contribution in [1.82, 2.24) is 4.72 Å². The van der Waals surface area contributed by atoms with Crippen molar-refractivity contribution in [2.24, 2.45) is 5.92 Å². The highest BCUT2D eigenvalue weighted by atomic mass is 35.5. The molecule has 1 saturated carbocycles. The number of benzene rings is 1. The van der Waals surface area contributed by atoms with E-state index in [0.717, 1.165) is 12.8 Å². The molecule has 1 aliphatic rings. The maximum Gasteiger partial charge on any atom is 0.240 e. The predicted molar refractivity (Wildman–Crippen MR) is 59.4 cm³/mol. The summed E-state index contributed by atoms with van der Waals surface area (Å²) in [5.74, 6) is 0.527. The van der Waals surface area contributed by atoms with Crippen LogP contribution in [0, 0.1) is 5.92 Å². The first kappa shape index (κ1) is 10.9. The molecule has 3 nitrogen and oxygen atoms in total. The maximum atomic E-state index is 11.7. The minimum absolute atomic E-state index is 0.232. The van der Waals surface area contributed by atoms with Gasteiger partial charge in [-0.2, -0.15) is 0 Å². The first-order chi connectivity index (χ1) is 7.08. The van der Waals surface area contributed by atoms with Crippen molar-refractivity contribution in [3.8, 4) is 0 Å². The Morgan fingerprint density at radius 3 is 2.73 bits per heavy atom. The van der Waals surface area contributed by atoms with E-state index in [4.69, 9.17) is 11.6 Å². The first-order valence-corrected chi connectivity index (χ1v) is 6.69. The standard InChI is InChI=1S/C10H12ClNO2S/c11-9-2-1-3-10(6-9)15(13,14)12-7-8-4-5-8/h1-3,6,8,12H,4-5,7H2. The van der Waals surface area contributed by atoms with Crippen LogP contribution in [0.25, 0.3) is 0 Å². The maximum absolute atomic E-state index is 11.7. The summed E-state index contributed by atoms with van der Waals surface area (Å²) in [5, 5.41) is 0.435. The Hall–Kier alpha value is -0.580. The summed E-state index contributed by atoms with van der Waals surface area (Å²) in [6, 6.07) is 6.29. The molecule has 1 aromatic carbocycles. The summed E-state index contributed by atoms with van der Waals surface area (Å²) in [6.07, 6.45) is 2.25. The lowest BCUT2D eigenvalue weighted by Gasteiger charge is -2.05. The second kappa shape index (κ2) is 4.12. The van der Waals surface area contributed by atoms with Crippen LogP contribution in [0.1, 0.15) is 12.8 Å². The number of nitrogens with one attached hydrogen (secondary N) is 1. The van der Waals surface area contributed by atoms with E-state index in [-0.39, 0.29) is 4.90 Å².